The summed E-state index contributed by atoms with van der Waals surface area (Å²) in [5.74, 6) is 1.28. The number of nitrogens with zero attached hydrogens (tertiary/aromatic N) is 1. The summed E-state index contributed by atoms with van der Waals surface area (Å²) in [6.07, 6.45) is -3.88. The van der Waals surface area contributed by atoms with E-state index in [9.17, 15) is 21.6 Å². The molecule has 0 amide bonds. The van der Waals surface area contributed by atoms with Crippen LogP contribution in [-0.4, -0.2) is 32.6 Å². The smallest absolute Gasteiger partial charge is 0.416 e. The second-order valence-electron chi connectivity index (χ2n) is 6.48. The highest BCUT2D eigenvalue weighted by Crippen LogP contribution is 2.38. The third-order valence-corrected chi connectivity index (χ3v) is 6.72. The molecule has 2 aliphatic rings. The number of rotatable bonds is 3. The van der Waals surface area contributed by atoms with Crippen LogP contribution in [-0.2, 0) is 16.2 Å². The summed E-state index contributed by atoms with van der Waals surface area (Å²) >= 11 is 0. The van der Waals surface area contributed by atoms with Gasteiger partial charge in [0.05, 0.1) is 10.5 Å². The van der Waals surface area contributed by atoms with Crippen molar-refractivity contribution in [3.8, 4) is 11.5 Å². The lowest BCUT2D eigenvalue weighted by Gasteiger charge is -2.17. The molecule has 1 saturated heterocycles. The predicted molar refractivity (Wildman–Crippen MR) is 90.1 cm³/mol. The lowest BCUT2D eigenvalue weighted by molar-refractivity contribution is -0.137. The zero-order valence-corrected chi connectivity index (χ0v) is 14.9. The highest BCUT2D eigenvalue weighted by Gasteiger charge is 2.35. The fraction of sp³-hybridized carbons (Fsp3) is 0.333. The van der Waals surface area contributed by atoms with Crippen LogP contribution in [0.3, 0.4) is 0 Å². The molecule has 2 aromatic rings. The molecule has 144 valence electrons. The van der Waals surface area contributed by atoms with Crippen molar-refractivity contribution in [2.24, 2.45) is 0 Å². The van der Waals surface area contributed by atoms with Crippen molar-refractivity contribution in [3.05, 3.63) is 53.6 Å². The first-order valence-corrected chi connectivity index (χ1v) is 9.76. The van der Waals surface area contributed by atoms with Crippen LogP contribution in [0.5, 0.6) is 11.5 Å². The molecule has 1 atom stereocenters. The SMILES string of the molecule is O=S(=O)(c1ccc(C(F)(F)F)cc1)N1CCC(c2ccc3c(c2)OCO3)C1. The maximum Gasteiger partial charge on any atom is 0.416 e. The maximum atomic E-state index is 12.8. The zero-order valence-electron chi connectivity index (χ0n) is 14.1. The van der Waals surface area contributed by atoms with Gasteiger partial charge in [-0.1, -0.05) is 6.07 Å². The summed E-state index contributed by atoms with van der Waals surface area (Å²) < 4.78 is 75.5. The average molecular weight is 399 g/mol. The topological polar surface area (TPSA) is 55.8 Å². The van der Waals surface area contributed by atoms with Crippen molar-refractivity contribution in [2.45, 2.75) is 23.4 Å². The zero-order chi connectivity index (χ0) is 19.2. The van der Waals surface area contributed by atoms with E-state index in [0.29, 0.717) is 24.5 Å². The lowest BCUT2D eigenvalue weighted by atomic mass is 9.98. The van der Waals surface area contributed by atoms with Crippen LogP contribution in [0, 0.1) is 0 Å². The monoisotopic (exact) mass is 399 g/mol. The summed E-state index contributed by atoms with van der Waals surface area (Å²) in [6.45, 7) is 0.739. The molecule has 2 aromatic carbocycles. The summed E-state index contributed by atoms with van der Waals surface area (Å²) in [5, 5.41) is 0. The Labute approximate surface area is 154 Å². The third kappa shape index (κ3) is 3.37. The Morgan fingerprint density at radius 1 is 1.00 bits per heavy atom. The fourth-order valence-electron chi connectivity index (χ4n) is 3.35. The van der Waals surface area contributed by atoms with Gasteiger partial charge in [-0.2, -0.15) is 17.5 Å². The van der Waals surface area contributed by atoms with Crippen LogP contribution in [0.1, 0.15) is 23.5 Å². The number of fused-ring (bicyclic) bond motifs is 1. The van der Waals surface area contributed by atoms with Crippen LogP contribution in [0.2, 0.25) is 0 Å². The van der Waals surface area contributed by atoms with E-state index in [1.165, 1.54) is 4.31 Å². The molecular formula is C18H16F3NO4S. The molecule has 5 nitrogen and oxygen atoms in total. The van der Waals surface area contributed by atoms with E-state index >= 15 is 0 Å². The molecule has 4 rings (SSSR count). The number of halogens is 3. The highest BCUT2D eigenvalue weighted by atomic mass is 32.2. The van der Waals surface area contributed by atoms with Crippen molar-refractivity contribution in [3.63, 3.8) is 0 Å². The van der Waals surface area contributed by atoms with Gasteiger partial charge in [-0.3, -0.25) is 0 Å². The first-order chi connectivity index (χ1) is 12.7. The number of benzene rings is 2. The van der Waals surface area contributed by atoms with Gasteiger partial charge in [0.1, 0.15) is 0 Å². The van der Waals surface area contributed by atoms with Crippen molar-refractivity contribution in [1.29, 1.82) is 0 Å². The van der Waals surface area contributed by atoms with Crippen LogP contribution < -0.4 is 9.47 Å². The minimum absolute atomic E-state index is 0.0104. The van der Waals surface area contributed by atoms with Crippen molar-refractivity contribution in [2.75, 3.05) is 19.9 Å². The predicted octanol–water partition coefficient (Wildman–Crippen LogP) is 3.61. The Bertz CT molecular complexity index is 958. The highest BCUT2D eigenvalue weighted by molar-refractivity contribution is 7.89. The molecule has 0 aromatic heterocycles. The Morgan fingerprint density at radius 2 is 1.70 bits per heavy atom. The van der Waals surface area contributed by atoms with Gasteiger partial charge in [0.2, 0.25) is 16.8 Å². The molecular weight excluding hydrogens is 383 g/mol. The molecule has 0 spiro atoms. The van der Waals surface area contributed by atoms with E-state index in [1.54, 1.807) is 6.07 Å². The molecule has 1 fully saturated rings. The Hall–Kier alpha value is -2.26. The van der Waals surface area contributed by atoms with E-state index < -0.39 is 21.8 Å². The molecule has 0 radical (unpaired) electrons. The standard InChI is InChI=1S/C18H16F3NO4S/c19-18(20,21)14-2-4-15(5-3-14)27(23,24)22-8-7-13(10-22)12-1-6-16-17(9-12)26-11-25-16/h1-6,9,13H,7-8,10-11H2. The van der Waals surface area contributed by atoms with Crippen molar-refractivity contribution < 1.29 is 31.1 Å². The number of sulfonamides is 1. The van der Waals surface area contributed by atoms with E-state index in [0.717, 1.165) is 29.8 Å². The second kappa shape index (κ2) is 6.42. The number of ether oxygens (including phenoxy) is 2. The van der Waals surface area contributed by atoms with Crippen molar-refractivity contribution in [1.82, 2.24) is 4.31 Å². The largest absolute Gasteiger partial charge is 0.454 e. The van der Waals surface area contributed by atoms with Crippen molar-refractivity contribution >= 4 is 10.0 Å². The van der Waals surface area contributed by atoms with Gasteiger partial charge in [0.15, 0.2) is 11.5 Å². The van der Waals surface area contributed by atoms with E-state index in [2.05, 4.69) is 0 Å². The molecule has 27 heavy (non-hydrogen) atoms. The van der Waals surface area contributed by atoms with E-state index in [4.69, 9.17) is 9.47 Å². The van der Waals surface area contributed by atoms with Gasteiger partial charge in [-0.05, 0) is 54.3 Å². The van der Waals surface area contributed by atoms with Gasteiger partial charge in [-0.15, -0.1) is 0 Å². The number of hydrogen-bond donors (Lipinski definition) is 0. The molecule has 0 bridgehead atoms. The molecule has 0 saturated carbocycles. The van der Waals surface area contributed by atoms with Crippen LogP contribution >= 0.6 is 0 Å². The van der Waals surface area contributed by atoms with E-state index in [-0.39, 0.29) is 24.2 Å². The number of hydrogen-bond acceptors (Lipinski definition) is 4. The van der Waals surface area contributed by atoms with Crippen LogP contribution in [0.25, 0.3) is 0 Å². The molecule has 0 N–H and O–H groups in total. The third-order valence-electron chi connectivity index (χ3n) is 4.84. The normalized spacial score (nSPS) is 20.2. The molecule has 1 unspecified atom stereocenters. The summed E-state index contributed by atoms with van der Waals surface area (Å²) in [4.78, 5) is -0.137. The van der Waals surface area contributed by atoms with Crippen LogP contribution in [0.4, 0.5) is 13.2 Å². The average Bonchev–Trinajstić information content (AvgIpc) is 3.30. The number of alkyl halides is 3. The maximum absolute atomic E-state index is 12.8. The minimum Gasteiger partial charge on any atom is -0.454 e. The summed E-state index contributed by atoms with van der Waals surface area (Å²) in [7, 11) is -3.84. The first-order valence-electron chi connectivity index (χ1n) is 8.32. The Kier molecular flexibility index (Phi) is 4.31. The van der Waals surface area contributed by atoms with Gasteiger partial charge < -0.3 is 9.47 Å². The molecule has 0 aliphatic carbocycles. The van der Waals surface area contributed by atoms with Gasteiger partial charge in [0.25, 0.3) is 0 Å². The quantitative estimate of drug-likeness (QED) is 0.791. The van der Waals surface area contributed by atoms with Gasteiger partial charge in [0, 0.05) is 13.1 Å². The van der Waals surface area contributed by atoms with Gasteiger partial charge in [-0.25, -0.2) is 8.42 Å². The fourth-order valence-corrected chi connectivity index (χ4v) is 4.85. The van der Waals surface area contributed by atoms with Crippen LogP contribution in [0.15, 0.2) is 47.4 Å². The lowest BCUT2D eigenvalue weighted by Crippen LogP contribution is -2.28. The molecule has 2 aliphatic heterocycles. The minimum atomic E-state index is -4.50. The Morgan fingerprint density at radius 3 is 2.41 bits per heavy atom. The molecule has 9 heteroatoms. The molecule has 2 heterocycles. The second-order valence-corrected chi connectivity index (χ2v) is 8.42. The van der Waals surface area contributed by atoms with Gasteiger partial charge >= 0.3 is 6.18 Å². The first kappa shape index (κ1) is 18.1. The Balaban J connectivity index is 1.52. The summed E-state index contributed by atoms with van der Waals surface area (Å²) in [6, 6.07) is 9.12. The van der Waals surface area contributed by atoms with E-state index in [1.807, 2.05) is 12.1 Å². The summed E-state index contributed by atoms with van der Waals surface area (Å²) in [5.41, 5.74) is 0.0745.